The van der Waals surface area contributed by atoms with Gasteiger partial charge in [0.25, 0.3) is 0 Å². The lowest BCUT2D eigenvalue weighted by Crippen LogP contribution is -2.26. The Morgan fingerprint density at radius 3 is 2.53 bits per heavy atom. The Morgan fingerprint density at radius 2 is 2.07 bits per heavy atom. The van der Waals surface area contributed by atoms with Gasteiger partial charge in [0.05, 0.1) is 5.97 Å². The average molecular weight is 219 g/mol. The molecule has 0 radical (unpaired) electrons. The number of halogens is 3. The lowest BCUT2D eigenvalue weighted by atomic mass is 10.2. The van der Waals surface area contributed by atoms with Crippen LogP contribution in [0.5, 0.6) is 5.75 Å². The van der Waals surface area contributed by atoms with Gasteiger partial charge < -0.3 is 14.6 Å². The number of carbonyl (C=O) groups excluding carboxylic acids is 1. The molecule has 0 atom stereocenters. The molecule has 15 heavy (non-hydrogen) atoms. The SMILES string of the molecule is CC(F)(F)Oc1c(F)cccc1C(=O)[O-]. The molecule has 0 fully saturated rings. The summed E-state index contributed by atoms with van der Waals surface area (Å²) < 4.78 is 41.7. The molecular formula is C9H6F3O3-. The van der Waals surface area contributed by atoms with E-state index < -0.39 is 29.2 Å². The standard InChI is InChI=1S/C9H7F3O3/c1-9(11,12)15-7-5(8(13)14)3-2-4-6(7)10/h2-4H,1H3,(H,13,14)/p-1. The maximum absolute atomic E-state index is 13.0. The monoisotopic (exact) mass is 219 g/mol. The zero-order valence-electron chi connectivity index (χ0n) is 7.59. The number of hydrogen-bond donors (Lipinski definition) is 0. The van der Waals surface area contributed by atoms with Gasteiger partial charge in [0.15, 0.2) is 11.6 Å². The molecule has 0 aliphatic heterocycles. The Bertz CT molecular complexity index is 385. The van der Waals surface area contributed by atoms with Gasteiger partial charge in [-0.2, -0.15) is 8.78 Å². The van der Waals surface area contributed by atoms with E-state index in [9.17, 15) is 23.1 Å². The minimum Gasteiger partial charge on any atom is -0.545 e. The van der Waals surface area contributed by atoms with Gasteiger partial charge in [0, 0.05) is 12.5 Å². The molecule has 1 rings (SSSR count). The Kier molecular flexibility index (Phi) is 2.88. The molecule has 0 unspecified atom stereocenters. The van der Waals surface area contributed by atoms with Crippen LogP contribution in [0.4, 0.5) is 13.2 Å². The Morgan fingerprint density at radius 1 is 1.47 bits per heavy atom. The Hall–Kier alpha value is -1.72. The minimum absolute atomic E-state index is 0.374. The van der Waals surface area contributed by atoms with Crippen molar-refractivity contribution in [2.75, 3.05) is 0 Å². The summed E-state index contributed by atoms with van der Waals surface area (Å²) in [6.07, 6.45) is -3.66. The summed E-state index contributed by atoms with van der Waals surface area (Å²) in [7, 11) is 0. The lowest BCUT2D eigenvalue weighted by molar-refractivity contribution is -0.255. The molecule has 0 spiro atoms. The molecule has 1 aromatic carbocycles. The van der Waals surface area contributed by atoms with Gasteiger partial charge in [0.2, 0.25) is 0 Å². The Balaban J connectivity index is 3.19. The first kappa shape index (κ1) is 11.4. The third-order valence-corrected chi connectivity index (χ3v) is 1.47. The lowest BCUT2D eigenvalue weighted by Gasteiger charge is -2.17. The third-order valence-electron chi connectivity index (χ3n) is 1.47. The average Bonchev–Trinajstić information content (AvgIpc) is 2.05. The molecule has 0 bridgehead atoms. The molecule has 82 valence electrons. The first-order chi connectivity index (χ1) is 6.81. The van der Waals surface area contributed by atoms with Crippen molar-refractivity contribution in [2.24, 2.45) is 0 Å². The molecule has 0 aliphatic rings. The highest BCUT2D eigenvalue weighted by Gasteiger charge is 2.26. The number of hydrogen-bond acceptors (Lipinski definition) is 3. The fourth-order valence-electron chi connectivity index (χ4n) is 0.953. The number of para-hydroxylation sites is 1. The summed E-state index contributed by atoms with van der Waals surface area (Å²) in [4.78, 5) is 10.5. The minimum atomic E-state index is -3.66. The summed E-state index contributed by atoms with van der Waals surface area (Å²) >= 11 is 0. The van der Waals surface area contributed by atoms with Crippen molar-refractivity contribution in [3.63, 3.8) is 0 Å². The molecule has 0 amide bonds. The van der Waals surface area contributed by atoms with E-state index in [0.29, 0.717) is 6.92 Å². The molecule has 1 aromatic rings. The second-order valence-corrected chi connectivity index (χ2v) is 2.81. The third kappa shape index (κ3) is 2.87. The summed E-state index contributed by atoms with van der Waals surface area (Å²) in [5, 5.41) is 10.5. The summed E-state index contributed by atoms with van der Waals surface area (Å²) in [5.41, 5.74) is -0.753. The highest BCUT2D eigenvalue weighted by molar-refractivity contribution is 5.89. The van der Waals surface area contributed by atoms with Crippen LogP contribution in [0.15, 0.2) is 18.2 Å². The summed E-state index contributed by atoms with van der Waals surface area (Å²) in [6.45, 7) is 0.374. The second kappa shape index (κ2) is 3.80. The van der Waals surface area contributed by atoms with Crippen LogP contribution >= 0.6 is 0 Å². The molecule has 0 heterocycles. The van der Waals surface area contributed by atoms with Crippen LogP contribution in [0.1, 0.15) is 17.3 Å². The number of carboxylic acid groups (broad SMARTS) is 1. The maximum Gasteiger partial charge on any atom is 0.395 e. The van der Waals surface area contributed by atoms with Gasteiger partial charge in [-0.25, -0.2) is 4.39 Å². The Labute approximate surface area is 83.1 Å². The molecule has 0 N–H and O–H groups in total. The molecule has 0 saturated heterocycles. The number of carboxylic acids is 1. The fraction of sp³-hybridized carbons (Fsp3) is 0.222. The van der Waals surface area contributed by atoms with E-state index in [2.05, 4.69) is 4.74 Å². The van der Waals surface area contributed by atoms with E-state index in [-0.39, 0.29) is 0 Å². The first-order valence-corrected chi connectivity index (χ1v) is 3.88. The molecule has 0 aromatic heterocycles. The number of ether oxygens (including phenoxy) is 1. The van der Waals surface area contributed by atoms with E-state index in [4.69, 9.17) is 0 Å². The fourth-order valence-corrected chi connectivity index (χ4v) is 0.953. The van der Waals surface area contributed by atoms with Crippen molar-refractivity contribution in [1.29, 1.82) is 0 Å². The largest absolute Gasteiger partial charge is 0.545 e. The normalized spacial score (nSPS) is 11.2. The van der Waals surface area contributed by atoms with Gasteiger partial charge in [-0.15, -0.1) is 0 Å². The molecule has 0 aliphatic carbocycles. The van der Waals surface area contributed by atoms with E-state index in [1.807, 2.05) is 0 Å². The quantitative estimate of drug-likeness (QED) is 0.766. The number of alkyl halides is 2. The topological polar surface area (TPSA) is 49.4 Å². The van der Waals surface area contributed by atoms with Crippen molar-refractivity contribution in [3.8, 4) is 5.75 Å². The van der Waals surface area contributed by atoms with Crippen LogP contribution in [0, 0.1) is 5.82 Å². The van der Waals surface area contributed by atoms with Crippen molar-refractivity contribution in [1.82, 2.24) is 0 Å². The predicted molar refractivity (Wildman–Crippen MR) is 42.0 cm³/mol. The van der Waals surface area contributed by atoms with Crippen molar-refractivity contribution >= 4 is 5.97 Å². The summed E-state index contributed by atoms with van der Waals surface area (Å²) in [5.74, 6) is -3.99. The van der Waals surface area contributed by atoms with Crippen molar-refractivity contribution in [3.05, 3.63) is 29.6 Å². The molecule has 0 saturated carbocycles. The first-order valence-electron chi connectivity index (χ1n) is 3.88. The predicted octanol–water partition coefficient (Wildman–Crippen LogP) is 1.18. The van der Waals surface area contributed by atoms with E-state index in [1.54, 1.807) is 0 Å². The van der Waals surface area contributed by atoms with Gasteiger partial charge >= 0.3 is 6.11 Å². The molecule has 6 heteroatoms. The zero-order valence-corrected chi connectivity index (χ0v) is 7.59. The van der Waals surface area contributed by atoms with Gasteiger partial charge in [0.1, 0.15) is 0 Å². The van der Waals surface area contributed by atoms with Crippen LogP contribution in [-0.2, 0) is 0 Å². The van der Waals surface area contributed by atoms with Gasteiger partial charge in [-0.05, 0) is 12.1 Å². The number of carbonyl (C=O) groups is 1. The maximum atomic E-state index is 13.0. The van der Waals surface area contributed by atoms with Crippen molar-refractivity contribution < 1.29 is 27.8 Å². The van der Waals surface area contributed by atoms with Crippen LogP contribution < -0.4 is 9.84 Å². The summed E-state index contributed by atoms with van der Waals surface area (Å²) in [6, 6.07) is 2.79. The van der Waals surface area contributed by atoms with Crippen LogP contribution in [0.25, 0.3) is 0 Å². The molecule has 3 nitrogen and oxygen atoms in total. The molecular weight excluding hydrogens is 213 g/mol. The van der Waals surface area contributed by atoms with E-state index in [0.717, 1.165) is 18.2 Å². The van der Waals surface area contributed by atoms with Crippen molar-refractivity contribution in [2.45, 2.75) is 13.0 Å². The highest BCUT2D eigenvalue weighted by atomic mass is 19.3. The zero-order chi connectivity index (χ0) is 11.6. The van der Waals surface area contributed by atoms with E-state index >= 15 is 0 Å². The number of benzene rings is 1. The van der Waals surface area contributed by atoms with E-state index in [1.165, 1.54) is 0 Å². The van der Waals surface area contributed by atoms with Crippen LogP contribution in [-0.4, -0.2) is 12.1 Å². The second-order valence-electron chi connectivity index (χ2n) is 2.81. The smallest absolute Gasteiger partial charge is 0.395 e. The van der Waals surface area contributed by atoms with Crippen LogP contribution in [0.2, 0.25) is 0 Å². The number of rotatable bonds is 3. The number of aromatic carboxylic acids is 1. The van der Waals surface area contributed by atoms with Crippen LogP contribution in [0.3, 0.4) is 0 Å². The van der Waals surface area contributed by atoms with Gasteiger partial charge in [-0.1, -0.05) is 6.07 Å². The highest BCUT2D eigenvalue weighted by Crippen LogP contribution is 2.27. The van der Waals surface area contributed by atoms with Gasteiger partial charge in [-0.3, -0.25) is 0 Å².